The van der Waals surface area contributed by atoms with Crippen LogP contribution in [0.15, 0.2) is 76.1 Å². The Bertz CT molecular complexity index is 1340. The number of nitro benzene ring substituents is 1. The number of amides is 1. The molecule has 2 heterocycles. The highest BCUT2D eigenvalue weighted by atomic mass is 32.2. The fraction of sp³-hybridized carbons (Fsp3) is 0.174. The van der Waals surface area contributed by atoms with E-state index in [0.29, 0.717) is 17.1 Å². The first-order valence-electron chi connectivity index (χ1n) is 10.3. The number of sulfonamides is 1. The van der Waals surface area contributed by atoms with Gasteiger partial charge in [0.25, 0.3) is 5.69 Å². The van der Waals surface area contributed by atoms with E-state index in [-0.39, 0.29) is 42.7 Å². The minimum atomic E-state index is -3.83. The van der Waals surface area contributed by atoms with Gasteiger partial charge >= 0.3 is 0 Å². The predicted molar refractivity (Wildman–Crippen MR) is 122 cm³/mol. The summed E-state index contributed by atoms with van der Waals surface area (Å²) in [5.41, 5.74) is 0.123. The van der Waals surface area contributed by atoms with E-state index in [1.54, 1.807) is 30.3 Å². The fourth-order valence-electron chi connectivity index (χ4n) is 3.54. The molecule has 1 aliphatic heterocycles. The molecular formula is C23H20FN3O6S. The van der Waals surface area contributed by atoms with E-state index in [1.165, 1.54) is 39.6 Å². The average Bonchev–Trinajstić information content (AvgIpc) is 3.31. The molecule has 0 radical (unpaired) electrons. The van der Waals surface area contributed by atoms with Gasteiger partial charge in [-0.3, -0.25) is 14.9 Å². The minimum absolute atomic E-state index is 0.0405. The van der Waals surface area contributed by atoms with E-state index in [0.717, 1.165) is 12.1 Å². The van der Waals surface area contributed by atoms with Gasteiger partial charge in [0.1, 0.15) is 17.3 Å². The van der Waals surface area contributed by atoms with Crippen LogP contribution in [-0.2, 0) is 14.8 Å². The smallest absolute Gasteiger partial charge is 0.269 e. The third kappa shape index (κ3) is 4.90. The van der Waals surface area contributed by atoms with Gasteiger partial charge in [0.2, 0.25) is 15.9 Å². The highest BCUT2D eigenvalue weighted by Crippen LogP contribution is 2.25. The Morgan fingerprint density at radius 3 is 2.32 bits per heavy atom. The minimum Gasteiger partial charge on any atom is -0.457 e. The van der Waals surface area contributed by atoms with Gasteiger partial charge in [-0.2, -0.15) is 4.31 Å². The molecule has 11 heteroatoms. The van der Waals surface area contributed by atoms with Crippen molar-refractivity contribution in [1.82, 2.24) is 9.21 Å². The summed E-state index contributed by atoms with van der Waals surface area (Å²) in [6.45, 7) is 0.566. The van der Waals surface area contributed by atoms with Gasteiger partial charge in [-0.15, -0.1) is 0 Å². The van der Waals surface area contributed by atoms with E-state index in [2.05, 4.69) is 0 Å². The van der Waals surface area contributed by atoms with Crippen LogP contribution >= 0.6 is 0 Å². The van der Waals surface area contributed by atoms with E-state index in [9.17, 15) is 27.7 Å². The Hall–Kier alpha value is -3.83. The second-order valence-electron chi connectivity index (χ2n) is 7.50. The molecule has 2 aromatic carbocycles. The number of non-ortho nitro benzene ring substituents is 1. The Kier molecular flexibility index (Phi) is 6.57. The molecule has 176 valence electrons. The van der Waals surface area contributed by atoms with Crippen LogP contribution in [0.3, 0.4) is 0 Å². The van der Waals surface area contributed by atoms with Crippen LogP contribution in [0.4, 0.5) is 10.1 Å². The average molecular weight is 485 g/mol. The molecule has 1 aromatic heterocycles. The van der Waals surface area contributed by atoms with Crippen LogP contribution in [0.5, 0.6) is 0 Å². The lowest BCUT2D eigenvalue weighted by Gasteiger charge is -2.33. The van der Waals surface area contributed by atoms with Crippen LogP contribution < -0.4 is 0 Å². The monoisotopic (exact) mass is 485 g/mol. The molecule has 1 amide bonds. The maximum Gasteiger partial charge on any atom is 0.269 e. The summed E-state index contributed by atoms with van der Waals surface area (Å²) in [5, 5.41) is 10.8. The zero-order valence-corrected chi connectivity index (χ0v) is 18.7. The largest absolute Gasteiger partial charge is 0.457 e. The molecule has 0 bridgehead atoms. The number of benzene rings is 2. The number of hydrogen-bond acceptors (Lipinski definition) is 6. The molecule has 1 saturated heterocycles. The second-order valence-corrected chi connectivity index (χ2v) is 9.43. The summed E-state index contributed by atoms with van der Waals surface area (Å²) in [7, 11) is -3.83. The molecule has 1 aliphatic rings. The second kappa shape index (κ2) is 9.57. The molecule has 1 fully saturated rings. The maximum atomic E-state index is 13.9. The van der Waals surface area contributed by atoms with Crippen molar-refractivity contribution < 1.29 is 26.9 Å². The summed E-state index contributed by atoms with van der Waals surface area (Å²) in [4.78, 5) is 24.2. The summed E-state index contributed by atoms with van der Waals surface area (Å²) in [6.07, 6.45) is 2.80. The van der Waals surface area contributed by atoms with Gasteiger partial charge in [-0.1, -0.05) is 12.1 Å². The number of nitro groups is 1. The van der Waals surface area contributed by atoms with Crippen LogP contribution in [-0.4, -0.2) is 54.6 Å². The summed E-state index contributed by atoms with van der Waals surface area (Å²) in [6, 6.07) is 14.1. The van der Waals surface area contributed by atoms with Crippen molar-refractivity contribution in [3.63, 3.8) is 0 Å². The first-order chi connectivity index (χ1) is 16.3. The lowest BCUT2D eigenvalue weighted by molar-refractivity contribution is -0.384. The normalized spacial score (nSPS) is 15.0. The van der Waals surface area contributed by atoms with Gasteiger partial charge in [0.15, 0.2) is 0 Å². The number of piperazine rings is 1. The summed E-state index contributed by atoms with van der Waals surface area (Å²) < 4.78 is 46.3. The van der Waals surface area contributed by atoms with E-state index >= 15 is 0 Å². The number of hydrogen-bond donors (Lipinski definition) is 0. The number of carbonyl (C=O) groups excluding carboxylic acids is 1. The summed E-state index contributed by atoms with van der Waals surface area (Å²) in [5.74, 6) is 0.00230. The Balaban J connectivity index is 1.36. The fourth-order valence-corrected chi connectivity index (χ4v) is 4.97. The van der Waals surface area contributed by atoms with E-state index < -0.39 is 20.8 Å². The van der Waals surface area contributed by atoms with Crippen molar-refractivity contribution in [2.75, 3.05) is 26.2 Å². The SMILES string of the molecule is O=C(/C=C/c1ccc(-c2ccccc2F)o1)N1CCN(S(=O)(=O)c2ccc([N+](=O)[O-])cc2)CC1. The number of rotatable bonds is 6. The molecule has 0 unspecified atom stereocenters. The molecule has 0 aliphatic carbocycles. The van der Waals surface area contributed by atoms with Crippen molar-refractivity contribution in [2.45, 2.75) is 4.90 Å². The molecule has 9 nitrogen and oxygen atoms in total. The van der Waals surface area contributed by atoms with Gasteiger partial charge in [0.05, 0.1) is 15.4 Å². The number of furan rings is 1. The summed E-state index contributed by atoms with van der Waals surface area (Å²) >= 11 is 0. The molecule has 34 heavy (non-hydrogen) atoms. The van der Waals surface area contributed by atoms with Gasteiger partial charge in [-0.05, 0) is 42.5 Å². The van der Waals surface area contributed by atoms with Crippen molar-refractivity contribution in [2.24, 2.45) is 0 Å². The van der Waals surface area contributed by atoms with Gasteiger partial charge < -0.3 is 9.32 Å². The first-order valence-corrected chi connectivity index (χ1v) is 11.8. The highest BCUT2D eigenvalue weighted by molar-refractivity contribution is 7.89. The Labute approximate surface area is 194 Å². The number of halogens is 1. The van der Waals surface area contributed by atoms with Crippen molar-refractivity contribution >= 4 is 27.7 Å². The van der Waals surface area contributed by atoms with E-state index in [1.807, 2.05) is 0 Å². The van der Waals surface area contributed by atoms with Gasteiger partial charge in [0, 0.05) is 44.4 Å². The molecule has 0 spiro atoms. The third-order valence-corrected chi connectivity index (χ3v) is 7.30. The van der Waals surface area contributed by atoms with Crippen LogP contribution in [0, 0.1) is 15.9 Å². The molecular weight excluding hydrogens is 465 g/mol. The van der Waals surface area contributed by atoms with Crippen molar-refractivity contribution in [3.05, 3.63) is 88.4 Å². The van der Waals surface area contributed by atoms with Crippen molar-refractivity contribution in [3.8, 4) is 11.3 Å². The molecule has 4 rings (SSSR count). The highest BCUT2D eigenvalue weighted by Gasteiger charge is 2.30. The third-order valence-electron chi connectivity index (χ3n) is 5.39. The maximum absolute atomic E-state index is 13.9. The quantitative estimate of drug-likeness (QED) is 0.300. The molecule has 0 N–H and O–H groups in total. The Morgan fingerprint density at radius 2 is 1.68 bits per heavy atom. The van der Waals surface area contributed by atoms with Gasteiger partial charge in [-0.25, -0.2) is 12.8 Å². The number of nitrogens with zero attached hydrogens (tertiary/aromatic N) is 3. The standard InChI is InChI=1S/C23H20FN3O6S/c24-21-4-2-1-3-20(21)22-11-7-18(33-22)8-12-23(28)25-13-15-26(16-14-25)34(31,32)19-9-5-17(6-10-19)27(29)30/h1-12H,13-16H2/b12-8+. The van der Waals surface area contributed by atoms with Crippen LogP contribution in [0.2, 0.25) is 0 Å². The topological polar surface area (TPSA) is 114 Å². The number of carbonyl (C=O) groups is 1. The van der Waals surface area contributed by atoms with Crippen LogP contribution in [0.1, 0.15) is 5.76 Å². The Morgan fingerprint density at radius 1 is 1.00 bits per heavy atom. The molecule has 0 atom stereocenters. The molecule has 0 saturated carbocycles. The lowest BCUT2D eigenvalue weighted by atomic mass is 10.1. The van der Waals surface area contributed by atoms with Crippen LogP contribution in [0.25, 0.3) is 17.4 Å². The zero-order chi connectivity index (χ0) is 24.3. The predicted octanol–water partition coefficient (Wildman–Crippen LogP) is 3.54. The first kappa shape index (κ1) is 23.3. The molecule has 3 aromatic rings. The van der Waals surface area contributed by atoms with Crippen molar-refractivity contribution in [1.29, 1.82) is 0 Å². The lowest BCUT2D eigenvalue weighted by Crippen LogP contribution is -2.50. The zero-order valence-electron chi connectivity index (χ0n) is 17.8. The van der Waals surface area contributed by atoms with E-state index in [4.69, 9.17) is 4.42 Å².